The lowest BCUT2D eigenvalue weighted by Gasteiger charge is -2.14. The van der Waals surface area contributed by atoms with E-state index in [0.29, 0.717) is 12.2 Å². The maximum Gasteiger partial charge on any atom is 0.354 e. The van der Waals surface area contributed by atoms with E-state index in [4.69, 9.17) is 4.74 Å². The maximum absolute atomic E-state index is 12.2. The molecule has 0 saturated heterocycles. The van der Waals surface area contributed by atoms with E-state index in [1.54, 1.807) is 6.20 Å². The Hall–Kier alpha value is -2.14. The Labute approximate surface area is 149 Å². The van der Waals surface area contributed by atoms with Crippen LogP contribution in [0.2, 0.25) is 0 Å². The minimum atomic E-state index is -0.355. The number of carbonyl (C=O) groups excluding carboxylic acids is 1. The third kappa shape index (κ3) is 2.96. The zero-order valence-electron chi connectivity index (χ0n) is 14.2. The molecule has 0 atom stereocenters. The van der Waals surface area contributed by atoms with Crippen molar-refractivity contribution in [1.29, 1.82) is 0 Å². The molecule has 0 N–H and O–H groups in total. The highest BCUT2D eigenvalue weighted by Crippen LogP contribution is 2.25. The van der Waals surface area contributed by atoms with Gasteiger partial charge in [-0.1, -0.05) is 17.7 Å². The lowest BCUT2D eigenvalue weighted by Crippen LogP contribution is -2.13. The molecule has 1 aromatic carbocycles. The topological polar surface area (TPSA) is 44.1 Å². The van der Waals surface area contributed by atoms with Gasteiger partial charge >= 0.3 is 5.97 Å². The standard InChI is InChI=1S/C19H19BrN2O2/c1-11-5-12(2)16(13(3)6-11)10-22-17(19(23)24-4)8-14-7-15(20)9-21-18(14)22/h5-9H,10H2,1-4H3. The molecule has 0 aliphatic heterocycles. The summed E-state index contributed by atoms with van der Waals surface area (Å²) in [4.78, 5) is 16.7. The largest absolute Gasteiger partial charge is 0.464 e. The van der Waals surface area contributed by atoms with Crippen molar-refractivity contribution in [2.45, 2.75) is 27.3 Å². The van der Waals surface area contributed by atoms with Gasteiger partial charge in [0.25, 0.3) is 0 Å². The molecule has 0 radical (unpaired) electrons. The zero-order chi connectivity index (χ0) is 17.4. The fourth-order valence-corrected chi connectivity index (χ4v) is 3.52. The quantitative estimate of drug-likeness (QED) is 0.619. The lowest BCUT2D eigenvalue weighted by atomic mass is 10.00. The molecule has 0 spiro atoms. The van der Waals surface area contributed by atoms with Crippen LogP contribution in [0.15, 0.2) is 34.9 Å². The van der Waals surface area contributed by atoms with Crippen LogP contribution in [0.1, 0.15) is 32.7 Å². The molecule has 0 amide bonds. The molecular formula is C19H19BrN2O2. The Morgan fingerprint density at radius 1 is 1.17 bits per heavy atom. The molecule has 0 aliphatic rings. The summed E-state index contributed by atoms with van der Waals surface area (Å²) in [6, 6.07) is 8.11. The van der Waals surface area contributed by atoms with E-state index < -0.39 is 0 Å². The molecule has 0 unspecified atom stereocenters. The fraction of sp³-hybridized carbons (Fsp3) is 0.263. The summed E-state index contributed by atoms with van der Waals surface area (Å²) in [7, 11) is 1.40. The number of aromatic nitrogens is 2. The summed E-state index contributed by atoms with van der Waals surface area (Å²) in [6.45, 7) is 6.88. The number of ether oxygens (including phenoxy) is 1. The molecule has 4 nitrogen and oxygen atoms in total. The second-order valence-electron chi connectivity index (χ2n) is 6.05. The van der Waals surface area contributed by atoms with Crippen molar-refractivity contribution in [3.05, 3.63) is 62.9 Å². The van der Waals surface area contributed by atoms with Gasteiger partial charge in [0, 0.05) is 16.1 Å². The first-order valence-corrected chi connectivity index (χ1v) is 8.50. The Bertz CT molecular complexity index is 921. The summed E-state index contributed by atoms with van der Waals surface area (Å²) >= 11 is 3.43. The molecule has 2 heterocycles. The molecule has 0 saturated carbocycles. The van der Waals surface area contributed by atoms with Crippen LogP contribution in [0.5, 0.6) is 0 Å². The number of halogens is 1. The Morgan fingerprint density at radius 2 is 1.83 bits per heavy atom. The summed E-state index contributed by atoms with van der Waals surface area (Å²) in [5.74, 6) is -0.355. The highest BCUT2D eigenvalue weighted by atomic mass is 79.9. The number of carbonyl (C=O) groups is 1. The minimum absolute atomic E-state index is 0.355. The number of fused-ring (bicyclic) bond motifs is 1. The first-order valence-electron chi connectivity index (χ1n) is 7.70. The SMILES string of the molecule is COC(=O)c1cc2cc(Br)cnc2n1Cc1c(C)cc(C)cc1C. The van der Waals surface area contributed by atoms with Gasteiger partial charge in [0.2, 0.25) is 0 Å². The van der Waals surface area contributed by atoms with Crippen LogP contribution in [0.3, 0.4) is 0 Å². The Balaban J connectivity index is 2.20. The molecule has 5 heteroatoms. The highest BCUT2D eigenvalue weighted by molar-refractivity contribution is 9.10. The van der Waals surface area contributed by atoms with Gasteiger partial charge in [-0.3, -0.25) is 0 Å². The van der Waals surface area contributed by atoms with Gasteiger partial charge in [-0.05, 0) is 65.5 Å². The predicted octanol–water partition coefficient (Wildman–Crippen LogP) is 4.56. The van der Waals surface area contributed by atoms with Crippen molar-refractivity contribution in [2.75, 3.05) is 7.11 Å². The van der Waals surface area contributed by atoms with Crippen LogP contribution in [0.25, 0.3) is 11.0 Å². The molecular weight excluding hydrogens is 368 g/mol. The van der Waals surface area contributed by atoms with Gasteiger partial charge in [0.05, 0.1) is 13.7 Å². The monoisotopic (exact) mass is 386 g/mol. The van der Waals surface area contributed by atoms with Crippen LogP contribution in [0, 0.1) is 20.8 Å². The van der Waals surface area contributed by atoms with Gasteiger partial charge < -0.3 is 9.30 Å². The number of aryl methyl sites for hydroxylation is 3. The van der Waals surface area contributed by atoms with Crippen molar-refractivity contribution in [2.24, 2.45) is 0 Å². The van der Waals surface area contributed by atoms with Gasteiger partial charge in [-0.15, -0.1) is 0 Å². The molecule has 0 fully saturated rings. The lowest BCUT2D eigenvalue weighted by molar-refractivity contribution is 0.0589. The van der Waals surface area contributed by atoms with Crippen molar-refractivity contribution in [1.82, 2.24) is 9.55 Å². The third-order valence-electron chi connectivity index (χ3n) is 4.25. The maximum atomic E-state index is 12.2. The van der Waals surface area contributed by atoms with Crippen molar-refractivity contribution < 1.29 is 9.53 Å². The average Bonchev–Trinajstić information content (AvgIpc) is 2.87. The molecule has 24 heavy (non-hydrogen) atoms. The molecule has 3 aromatic rings. The number of hydrogen-bond donors (Lipinski definition) is 0. The summed E-state index contributed by atoms with van der Waals surface area (Å²) < 4.78 is 7.76. The van der Waals surface area contributed by atoms with Crippen molar-refractivity contribution >= 4 is 32.9 Å². The van der Waals surface area contributed by atoms with Gasteiger partial charge in [-0.25, -0.2) is 9.78 Å². The van der Waals surface area contributed by atoms with E-state index in [1.807, 2.05) is 16.7 Å². The van der Waals surface area contributed by atoms with Crippen LogP contribution in [-0.2, 0) is 11.3 Å². The van der Waals surface area contributed by atoms with E-state index >= 15 is 0 Å². The first-order chi connectivity index (χ1) is 11.4. The third-order valence-corrected chi connectivity index (χ3v) is 4.69. The van der Waals surface area contributed by atoms with Crippen molar-refractivity contribution in [3.63, 3.8) is 0 Å². The van der Waals surface area contributed by atoms with E-state index in [0.717, 1.165) is 15.5 Å². The van der Waals surface area contributed by atoms with Gasteiger partial charge in [0.1, 0.15) is 11.3 Å². The zero-order valence-corrected chi connectivity index (χ0v) is 15.8. The second-order valence-corrected chi connectivity index (χ2v) is 6.97. The number of methoxy groups -OCH3 is 1. The number of pyridine rings is 1. The van der Waals surface area contributed by atoms with Crippen LogP contribution < -0.4 is 0 Å². The average molecular weight is 387 g/mol. The van der Waals surface area contributed by atoms with Crippen molar-refractivity contribution in [3.8, 4) is 0 Å². The van der Waals surface area contributed by atoms with Crippen LogP contribution in [-0.4, -0.2) is 22.6 Å². The molecule has 3 rings (SSSR count). The predicted molar refractivity (Wildman–Crippen MR) is 98.5 cm³/mol. The normalized spacial score (nSPS) is 11.0. The molecule has 0 bridgehead atoms. The Kier molecular flexibility index (Phi) is 4.45. The van der Waals surface area contributed by atoms with E-state index in [2.05, 4.69) is 53.8 Å². The number of hydrogen-bond acceptors (Lipinski definition) is 3. The van der Waals surface area contributed by atoms with E-state index in [1.165, 1.54) is 29.4 Å². The summed E-state index contributed by atoms with van der Waals surface area (Å²) in [5.41, 5.74) is 6.15. The minimum Gasteiger partial charge on any atom is -0.464 e. The molecule has 124 valence electrons. The van der Waals surface area contributed by atoms with Gasteiger partial charge in [0.15, 0.2) is 0 Å². The van der Waals surface area contributed by atoms with E-state index in [9.17, 15) is 4.79 Å². The molecule has 2 aromatic heterocycles. The fourth-order valence-electron chi connectivity index (χ4n) is 3.17. The number of rotatable bonds is 3. The Morgan fingerprint density at radius 3 is 2.46 bits per heavy atom. The number of nitrogens with zero attached hydrogens (tertiary/aromatic N) is 2. The highest BCUT2D eigenvalue weighted by Gasteiger charge is 2.18. The van der Waals surface area contributed by atoms with Crippen LogP contribution in [0.4, 0.5) is 0 Å². The number of benzene rings is 1. The van der Waals surface area contributed by atoms with E-state index in [-0.39, 0.29) is 5.97 Å². The molecule has 0 aliphatic carbocycles. The summed E-state index contributed by atoms with van der Waals surface area (Å²) in [6.07, 6.45) is 1.74. The first kappa shape index (κ1) is 16.7. The summed E-state index contributed by atoms with van der Waals surface area (Å²) in [5, 5.41) is 0.909. The van der Waals surface area contributed by atoms with Crippen LogP contribution >= 0.6 is 15.9 Å². The number of esters is 1. The second kappa shape index (κ2) is 6.40. The smallest absolute Gasteiger partial charge is 0.354 e. The van der Waals surface area contributed by atoms with Gasteiger partial charge in [-0.2, -0.15) is 0 Å².